The zero-order valence-electron chi connectivity index (χ0n) is 9.81. The molecule has 0 aromatic heterocycles. The van der Waals surface area contributed by atoms with Crippen LogP contribution in [-0.2, 0) is 0 Å². The Morgan fingerprint density at radius 2 is 1.88 bits per heavy atom. The average molecular weight is 337 g/mol. The Labute approximate surface area is 154 Å². The van der Waals surface area contributed by atoms with Gasteiger partial charge in [-0.05, 0) is 23.6 Å². The van der Waals surface area contributed by atoms with E-state index in [2.05, 4.69) is 11.1 Å². The number of nitrogens with zero attached hydrogens (tertiary/aromatic N) is 2. The molecule has 1 aromatic rings. The minimum atomic E-state index is -0.534. The predicted molar refractivity (Wildman–Crippen MR) is 58.1 cm³/mol. The second-order valence-corrected chi connectivity index (χ2v) is 3.63. The van der Waals surface area contributed by atoms with Gasteiger partial charge in [0, 0.05) is 6.21 Å². The maximum atomic E-state index is 12.6. The van der Waals surface area contributed by atoms with E-state index in [0.717, 1.165) is 5.56 Å². The van der Waals surface area contributed by atoms with Crippen LogP contribution in [0, 0.1) is 23.1 Å². The van der Waals surface area contributed by atoms with Crippen LogP contribution in [0.1, 0.15) is 25.5 Å². The van der Waals surface area contributed by atoms with Gasteiger partial charge in [0.15, 0.2) is 6.04 Å². The summed E-state index contributed by atoms with van der Waals surface area (Å²) in [6.07, 6.45) is 1.73. The van der Waals surface area contributed by atoms with Gasteiger partial charge in [-0.2, -0.15) is 5.26 Å². The maximum absolute atomic E-state index is 12.6. The molecule has 0 heterocycles. The van der Waals surface area contributed by atoms with Crippen LogP contribution < -0.4 is 68.9 Å². The third-order valence-electron chi connectivity index (χ3n) is 1.84. The van der Waals surface area contributed by atoms with Gasteiger partial charge in [0.25, 0.3) is 0 Å². The summed E-state index contributed by atoms with van der Waals surface area (Å²) in [4.78, 5) is 4.13. The third kappa shape index (κ3) is 5.62. The number of hydrogen-bond donors (Lipinski definition) is 0. The van der Waals surface area contributed by atoms with E-state index in [-0.39, 0.29) is 74.7 Å². The average Bonchev–Trinajstić information content (AvgIpc) is 2.21. The Bertz CT molecular complexity index is 379. The van der Waals surface area contributed by atoms with Crippen LogP contribution in [0.25, 0.3) is 0 Å². The second-order valence-electron chi connectivity index (χ2n) is 3.63. The van der Waals surface area contributed by atoms with Gasteiger partial charge in [-0.15, -0.1) is 0 Å². The van der Waals surface area contributed by atoms with Crippen LogP contribution in [0.15, 0.2) is 29.3 Å². The monoisotopic (exact) mass is 337 g/mol. The maximum Gasteiger partial charge on any atom is 1.00 e. The topological polar surface area (TPSA) is 36.1 Å². The van der Waals surface area contributed by atoms with Gasteiger partial charge in [-0.25, -0.2) is 4.39 Å². The van der Waals surface area contributed by atoms with E-state index >= 15 is 0 Å². The van der Waals surface area contributed by atoms with Crippen molar-refractivity contribution in [2.24, 2.45) is 10.9 Å². The molecule has 0 aliphatic heterocycles. The van der Waals surface area contributed by atoms with Crippen molar-refractivity contribution in [1.29, 1.82) is 5.26 Å². The molecule has 2 nitrogen and oxygen atoms in total. The molecule has 78 valence electrons. The third-order valence-corrected chi connectivity index (χ3v) is 1.84. The number of benzene rings is 1. The first-order valence-corrected chi connectivity index (χ1v) is 4.82. The Balaban J connectivity index is 0.00000225. The quantitative estimate of drug-likeness (QED) is 0.722. The summed E-state index contributed by atoms with van der Waals surface area (Å²) in [5.41, 5.74) is 0.718. The molecule has 0 saturated heterocycles. The van der Waals surface area contributed by atoms with E-state index < -0.39 is 6.04 Å². The minimum Gasteiger partial charge on any atom is -0.274 e. The second kappa shape index (κ2) is 8.45. The van der Waals surface area contributed by atoms with E-state index in [9.17, 15) is 4.39 Å². The van der Waals surface area contributed by atoms with Gasteiger partial charge in [-0.3, -0.25) is 4.99 Å². The zero-order chi connectivity index (χ0) is 11.3. The SMILES string of the molecule is CC(C)C=NC(C#N)c1ccc(F)cc1.[Cs+]. The predicted octanol–water partition coefficient (Wildman–Crippen LogP) is 0.121. The van der Waals surface area contributed by atoms with Crippen molar-refractivity contribution in [3.63, 3.8) is 0 Å². The standard InChI is InChI=1S/C12H13FN2.Cs/c1-9(2)8-15-12(7-14)10-3-5-11(13)6-4-10;/h3-6,8-9,12H,1-2H3;/q;+1. The molecule has 1 unspecified atom stereocenters. The summed E-state index contributed by atoms with van der Waals surface area (Å²) in [7, 11) is 0. The van der Waals surface area contributed by atoms with E-state index in [1.54, 1.807) is 18.3 Å². The van der Waals surface area contributed by atoms with Crippen molar-refractivity contribution >= 4 is 6.21 Å². The molecule has 0 N–H and O–H groups in total. The number of aliphatic imine (C=N–C) groups is 1. The molecule has 4 heteroatoms. The van der Waals surface area contributed by atoms with Crippen molar-refractivity contribution in [3.05, 3.63) is 35.6 Å². The molecule has 0 spiro atoms. The Hall–Kier alpha value is 0.362. The van der Waals surface area contributed by atoms with Gasteiger partial charge in [0.1, 0.15) is 5.82 Å². The fourth-order valence-corrected chi connectivity index (χ4v) is 1.10. The molecule has 1 atom stereocenters. The van der Waals surface area contributed by atoms with E-state index in [1.807, 2.05) is 13.8 Å². The molecule has 0 amide bonds. The fraction of sp³-hybridized carbons (Fsp3) is 0.333. The van der Waals surface area contributed by atoms with Gasteiger partial charge < -0.3 is 0 Å². The molecule has 1 rings (SSSR count). The smallest absolute Gasteiger partial charge is 0.274 e. The zero-order valence-corrected chi connectivity index (χ0v) is 16.1. The molecule has 0 bridgehead atoms. The van der Waals surface area contributed by atoms with Crippen LogP contribution in [0.5, 0.6) is 0 Å². The fourth-order valence-electron chi connectivity index (χ4n) is 1.10. The first-order chi connectivity index (χ1) is 7.13. The Morgan fingerprint density at radius 1 is 1.31 bits per heavy atom. The Kier molecular flexibility index (Phi) is 8.64. The summed E-state index contributed by atoms with van der Waals surface area (Å²) < 4.78 is 12.6. The van der Waals surface area contributed by atoms with Crippen LogP contribution in [0.3, 0.4) is 0 Å². The van der Waals surface area contributed by atoms with E-state index in [0.29, 0.717) is 5.92 Å². The summed E-state index contributed by atoms with van der Waals surface area (Å²) in [5, 5.41) is 8.90. The van der Waals surface area contributed by atoms with Crippen LogP contribution in [-0.4, -0.2) is 6.21 Å². The largest absolute Gasteiger partial charge is 1.00 e. The first-order valence-electron chi connectivity index (χ1n) is 4.82. The summed E-state index contributed by atoms with van der Waals surface area (Å²) in [6, 6.07) is 7.38. The molecule has 1 aromatic carbocycles. The van der Waals surface area contributed by atoms with Crippen molar-refractivity contribution in [2.75, 3.05) is 0 Å². The number of hydrogen-bond acceptors (Lipinski definition) is 2. The molecule has 0 radical (unpaired) electrons. The molecular formula is C12H13CsFN2+. The number of nitriles is 1. The van der Waals surface area contributed by atoms with Crippen molar-refractivity contribution in [2.45, 2.75) is 19.9 Å². The van der Waals surface area contributed by atoms with Crippen molar-refractivity contribution in [1.82, 2.24) is 0 Å². The van der Waals surface area contributed by atoms with Gasteiger partial charge in [-0.1, -0.05) is 26.0 Å². The molecular weight excluding hydrogens is 324 g/mol. The van der Waals surface area contributed by atoms with E-state index in [1.165, 1.54) is 12.1 Å². The summed E-state index contributed by atoms with van der Waals surface area (Å²) >= 11 is 0. The van der Waals surface area contributed by atoms with Crippen LogP contribution >= 0.6 is 0 Å². The molecule has 0 saturated carbocycles. The van der Waals surface area contributed by atoms with Crippen LogP contribution in [0.2, 0.25) is 0 Å². The van der Waals surface area contributed by atoms with Crippen LogP contribution in [0.4, 0.5) is 4.39 Å². The normalized spacial score (nSPS) is 12.2. The molecule has 0 fully saturated rings. The summed E-state index contributed by atoms with van der Waals surface area (Å²) in [6.45, 7) is 3.98. The number of halogens is 1. The van der Waals surface area contributed by atoms with Crippen molar-refractivity contribution in [3.8, 4) is 6.07 Å². The van der Waals surface area contributed by atoms with E-state index in [4.69, 9.17) is 5.26 Å². The molecule has 0 aliphatic rings. The minimum absolute atomic E-state index is 0. The Morgan fingerprint density at radius 3 is 2.31 bits per heavy atom. The summed E-state index contributed by atoms with van der Waals surface area (Å²) in [5.74, 6) is 0.00424. The molecule has 0 aliphatic carbocycles. The number of rotatable bonds is 3. The van der Waals surface area contributed by atoms with Crippen molar-refractivity contribution < 1.29 is 73.3 Å². The van der Waals surface area contributed by atoms with Gasteiger partial charge >= 0.3 is 68.9 Å². The first kappa shape index (κ1) is 16.4. The molecule has 16 heavy (non-hydrogen) atoms. The van der Waals surface area contributed by atoms with Gasteiger partial charge in [0.2, 0.25) is 0 Å². The van der Waals surface area contributed by atoms with Gasteiger partial charge in [0.05, 0.1) is 6.07 Å².